The summed E-state index contributed by atoms with van der Waals surface area (Å²) in [6.07, 6.45) is 5.88. The second kappa shape index (κ2) is 1.84. The van der Waals surface area contributed by atoms with Gasteiger partial charge >= 0.3 is 0 Å². The first-order chi connectivity index (χ1) is 4.86. The molecule has 2 nitrogen and oxygen atoms in total. The van der Waals surface area contributed by atoms with Gasteiger partial charge in [0.25, 0.3) is 0 Å². The molecule has 0 bridgehead atoms. The Morgan fingerprint density at radius 1 is 1.40 bits per heavy atom. The molecule has 0 radical (unpaired) electrons. The van der Waals surface area contributed by atoms with Crippen LogP contribution in [0.2, 0.25) is 0 Å². The minimum atomic E-state index is 1.06. The van der Waals surface area contributed by atoms with Crippen molar-refractivity contribution in [1.29, 1.82) is 0 Å². The molecule has 0 spiro atoms. The van der Waals surface area contributed by atoms with Crippen LogP contribution in [-0.2, 0) is 7.05 Å². The predicted molar refractivity (Wildman–Crippen MR) is 40.7 cm³/mol. The van der Waals surface area contributed by atoms with Gasteiger partial charge in [0, 0.05) is 31.0 Å². The van der Waals surface area contributed by atoms with E-state index in [1.807, 2.05) is 30.1 Å². The summed E-state index contributed by atoms with van der Waals surface area (Å²) in [5.74, 6) is 0. The lowest BCUT2D eigenvalue weighted by molar-refractivity contribution is 0.932. The third-order valence-electron chi connectivity index (χ3n) is 1.54. The summed E-state index contributed by atoms with van der Waals surface area (Å²) in [5.41, 5.74) is 1.06. The van der Waals surface area contributed by atoms with E-state index in [4.69, 9.17) is 0 Å². The highest BCUT2D eigenvalue weighted by molar-refractivity contribution is 5.77. The van der Waals surface area contributed by atoms with Gasteiger partial charge in [-0.1, -0.05) is 0 Å². The zero-order valence-corrected chi connectivity index (χ0v) is 5.78. The third-order valence-corrected chi connectivity index (χ3v) is 1.54. The lowest BCUT2D eigenvalue weighted by Gasteiger charge is -1.81. The first-order valence-corrected chi connectivity index (χ1v) is 3.23. The van der Waals surface area contributed by atoms with Crippen LogP contribution in [0.1, 0.15) is 0 Å². The van der Waals surface area contributed by atoms with Crippen molar-refractivity contribution < 1.29 is 0 Å². The molecule has 50 valence electrons. The van der Waals surface area contributed by atoms with Gasteiger partial charge in [-0.3, -0.25) is 4.98 Å². The second-order valence-electron chi connectivity index (χ2n) is 2.40. The molecule has 0 unspecified atom stereocenters. The molecule has 2 aromatic heterocycles. The fourth-order valence-electron chi connectivity index (χ4n) is 1.10. The summed E-state index contributed by atoms with van der Waals surface area (Å²) >= 11 is 0. The van der Waals surface area contributed by atoms with Gasteiger partial charge in [-0.2, -0.15) is 0 Å². The molecule has 2 aromatic rings. The fourth-order valence-corrected chi connectivity index (χ4v) is 1.10. The molecule has 2 rings (SSSR count). The summed E-state index contributed by atoms with van der Waals surface area (Å²) < 4.78 is 2.01. The quantitative estimate of drug-likeness (QED) is 0.532. The Hall–Kier alpha value is -1.31. The summed E-state index contributed by atoms with van der Waals surface area (Å²) in [4.78, 5) is 4.18. The minimum Gasteiger partial charge on any atom is -0.354 e. The van der Waals surface area contributed by atoms with Crippen LogP contribution in [0.5, 0.6) is 0 Å². The number of hydrogen-bond acceptors (Lipinski definition) is 1. The molecule has 0 amide bonds. The highest BCUT2D eigenvalue weighted by Crippen LogP contribution is 2.09. The number of rotatable bonds is 0. The summed E-state index contributed by atoms with van der Waals surface area (Å²) in [6.45, 7) is 0. The molecule has 0 atom stereocenters. The van der Waals surface area contributed by atoms with Crippen LogP contribution in [0, 0.1) is 0 Å². The van der Waals surface area contributed by atoms with E-state index < -0.39 is 0 Å². The first kappa shape index (κ1) is 5.47. The number of nitrogens with zero attached hydrogens (tertiary/aromatic N) is 2. The van der Waals surface area contributed by atoms with Crippen LogP contribution < -0.4 is 0 Å². The SMILES string of the molecule is Cn1cc2cccnc2c1. The van der Waals surface area contributed by atoms with Crippen molar-refractivity contribution in [2.75, 3.05) is 0 Å². The molecule has 0 saturated heterocycles. The van der Waals surface area contributed by atoms with E-state index in [0.29, 0.717) is 0 Å². The minimum absolute atomic E-state index is 1.06. The van der Waals surface area contributed by atoms with Crippen molar-refractivity contribution >= 4 is 10.9 Å². The van der Waals surface area contributed by atoms with Gasteiger partial charge in [-0.25, -0.2) is 0 Å². The molecule has 0 aliphatic rings. The van der Waals surface area contributed by atoms with E-state index >= 15 is 0 Å². The summed E-state index contributed by atoms with van der Waals surface area (Å²) in [5, 5.41) is 1.20. The van der Waals surface area contributed by atoms with Crippen molar-refractivity contribution in [1.82, 2.24) is 9.55 Å². The van der Waals surface area contributed by atoms with Gasteiger partial charge in [-0.15, -0.1) is 0 Å². The van der Waals surface area contributed by atoms with Gasteiger partial charge in [0.05, 0.1) is 5.52 Å². The van der Waals surface area contributed by atoms with Crippen molar-refractivity contribution in [3.05, 3.63) is 30.7 Å². The van der Waals surface area contributed by atoms with Gasteiger partial charge < -0.3 is 4.57 Å². The molecule has 10 heavy (non-hydrogen) atoms. The van der Waals surface area contributed by atoms with Gasteiger partial charge in [0.1, 0.15) is 0 Å². The Morgan fingerprint density at radius 2 is 2.30 bits per heavy atom. The molecule has 0 saturated carbocycles. The lowest BCUT2D eigenvalue weighted by Crippen LogP contribution is -1.76. The van der Waals surface area contributed by atoms with Crippen LogP contribution in [0.25, 0.3) is 10.9 Å². The van der Waals surface area contributed by atoms with E-state index in [1.54, 1.807) is 0 Å². The molecular weight excluding hydrogens is 124 g/mol. The Labute approximate surface area is 59.1 Å². The number of fused-ring (bicyclic) bond motifs is 1. The molecule has 0 aliphatic carbocycles. The zero-order valence-electron chi connectivity index (χ0n) is 5.78. The average Bonchev–Trinajstić information content (AvgIpc) is 2.27. The fraction of sp³-hybridized carbons (Fsp3) is 0.125. The van der Waals surface area contributed by atoms with Gasteiger partial charge in [0.15, 0.2) is 0 Å². The Bertz CT molecular complexity index is 316. The Morgan fingerprint density at radius 3 is 3.10 bits per heavy atom. The Balaban J connectivity index is 2.88. The predicted octanol–water partition coefficient (Wildman–Crippen LogP) is 1.57. The maximum atomic E-state index is 4.18. The monoisotopic (exact) mass is 132 g/mol. The standard InChI is InChI=1S/C8H8N2/c1-10-5-7-3-2-4-9-8(7)6-10/h2-6H,1H3. The van der Waals surface area contributed by atoms with Crippen molar-refractivity contribution in [3.63, 3.8) is 0 Å². The number of aromatic nitrogens is 2. The van der Waals surface area contributed by atoms with Gasteiger partial charge in [-0.05, 0) is 12.1 Å². The van der Waals surface area contributed by atoms with Crippen molar-refractivity contribution in [2.24, 2.45) is 7.05 Å². The number of pyridine rings is 1. The second-order valence-corrected chi connectivity index (χ2v) is 2.40. The molecule has 2 heteroatoms. The maximum Gasteiger partial charge on any atom is 0.0878 e. The summed E-state index contributed by atoms with van der Waals surface area (Å²) in [7, 11) is 2.00. The normalized spacial score (nSPS) is 10.5. The third kappa shape index (κ3) is 0.692. The first-order valence-electron chi connectivity index (χ1n) is 3.23. The number of aryl methyl sites for hydroxylation is 1. The molecule has 2 heterocycles. The van der Waals surface area contributed by atoms with Gasteiger partial charge in [0.2, 0.25) is 0 Å². The van der Waals surface area contributed by atoms with Crippen LogP contribution in [-0.4, -0.2) is 9.55 Å². The number of hydrogen-bond donors (Lipinski definition) is 0. The average molecular weight is 132 g/mol. The zero-order chi connectivity index (χ0) is 6.97. The lowest BCUT2D eigenvalue weighted by atomic mass is 10.3. The van der Waals surface area contributed by atoms with Crippen LogP contribution in [0.15, 0.2) is 30.7 Å². The van der Waals surface area contributed by atoms with E-state index in [2.05, 4.69) is 17.2 Å². The van der Waals surface area contributed by atoms with Crippen LogP contribution in [0.3, 0.4) is 0 Å². The van der Waals surface area contributed by atoms with Crippen molar-refractivity contribution in [2.45, 2.75) is 0 Å². The van der Waals surface area contributed by atoms with E-state index in [9.17, 15) is 0 Å². The van der Waals surface area contributed by atoms with E-state index in [1.165, 1.54) is 5.39 Å². The van der Waals surface area contributed by atoms with Crippen LogP contribution >= 0.6 is 0 Å². The molecule has 0 aliphatic heterocycles. The smallest absolute Gasteiger partial charge is 0.0878 e. The van der Waals surface area contributed by atoms with Crippen molar-refractivity contribution in [3.8, 4) is 0 Å². The topological polar surface area (TPSA) is 17.8 Å². The molecule has 0 fully saturated rings. The highest BCUT2D eigenvalue weighted by atomic mass is 14.9. The Kier molecular flexibility index (Phi) is 1.01. The summed E-state index contributed by atoms with van der Waals surface area (Å²) in [6, 6.07) is 4.00. The maximum absolute atomic E-state index is 4.18. The largest absolute Gasteiger partial charge is 0.354 e. The van der Waals surface area contributed by atoms with E-state index in [-0.39, 0.29) is 0 Å². The van der Waals surface area contributed by atoms with Crippen LogP contribution in [0.4, 0.5) is 0 Å². The molecule has 0 N–H and O–H groups in total. The molecular formula is C8H8N2. The highest BCUT2D eigenvalue weighted by Gasteiger charge is 1.92. The molecule has 0 aromatic carbocycles. The van der Waals surface area contributed by atoms with E-state index in [0.717, 1.165) is 5.52 Å².